The lowest BCUT2D eigenvalue weighted by Crippen LogP contribution is -2.62. The molecular weight excluding hydrogens is 276 g/mol. The quantitative estimate of drug-likeness (QED) is 0.723. The summed E-state index contributed by atoms with van der Waals surface area (Å²) in [5, 5.41) is 21.7. The minimum atomic E-state index is -0.769. The molecule has 4 aliphatic rings. The van der Waals surface area contributed by atoms with Gasteiger partial charge in [-0.1, -0.05) is 13.8 Å². The molecule has 124 valence electrons. The number of carbonyl (C=O) groups excluding carboxylic acids is 1. The Kier molecular flexibility index (Phi) is 3.14. The molecule has 0 aromatic rings. The van der Waals surface area contributed by atoms with Gasteiger partial charge in [0.2, 0.25) is 0 Å². The van der Waals surface area contributed by atoms with Crippen molar-refractivity contribution in [3.63, 3.8) is 0 Å². The van der Waals surface area contributed by atoms with Crippen LogP contribution in [0, 0.1) is 28.6 Å². The van der Waals surface area contributed by atoms with Gasteiger partial charge in [0.15, 0.2) is 0 Å². The molecule has 3 heteroatoms. The first-order valence-electron chi connectivity index (χ1n) is 9.22. The highest BCUT2D eigenvalue weighted by Crippen LogP contribution is 2.66. The zero-order valence-corrected chi connectivity index (χ0v) is 14.0. The Labute approximate surface area is 133 Å². The van der Waals surface area contributed by atoms with Gasteiger partial charge in [-0.05, 0) is 68.1 Å². The number of Topliss-reactive ketones (excluding diaryl/α,β-unsaturated/α-hetero) is 1. The van der Waals surface area contributed by atoms with Crippen molar-refractivity contribution in [1.82, 2.24) is 0 Å². The van der Waals surface area contributed by atoms with E-state index in [1.807, 2.05) is 0 Å². The molecule has 0 aromatic heterocycles. The number of ketones is 1. The Morgan fingerprint density at radius 3 is 2.55 bits per heavy atom. The molecule has 4 rings (SSSR count). The van der Waals surface area contributed by atoms with Crippen LogP contribution in [0.3, 0.4) is 0 Å². The van der Waals surface area contributed by atoms with E-state index in [-0.39, 0.29) is 22.7 Å². The van der Waals surface area contributed by atoms with E-state index in [1.54, 1.807) is 0 Å². The third kappa shape index (κ3) is 1.73. The molecule has 4 saturated carbocycles. The number of aliphatic hydroxyl groups is 2. The second-order valence-corrected chi connectivity index (χ2v) is 9.22. The molecule has 4 aliphatic carbocycles. The maximum atomic E-state index is 11.9. The summed E-state index contributed by atoms with van der Waals surface area (Å²) in [6.07, 6.45) is 7.84. The molecule has 0 amide bonds. The number of hydrogen-bond acceptors (Lipinski definition) is 3. The van der Waals surface area contributed by atoms with E-state index < -0.39 is 5.60 Å². The van der Waals surface area contributed by atoms with Crippen molar-refractivity contribution in [3.05, 3.63) is 0 Å². The predicted octanol–water partition coefficient (Wildman–Crippen LogP) is 3.07. The largest absolute Gasteiger partial charge is 0.393 e. The summed E-state index contributed by atoms with van der Waals surface area (Å²) in [5.41, 5.74) is -0.773. The van der Waals surface area contributed by atoms with E-state index in [1.165, 1.54) is 0 Å². The lowest BCUT2D eigenvalue weighted by Gasteiger charge is -2.63. The molecule has 2 N–H and O–H groups in total. The molecule has 0 radical (unpaired) electrons. The summed E-state index contributed by atoms with van der Waals surface area (Å²) in [5.74, 6) is 2.02. The van der Waals surface area contributed by atoms with E-state index in [2.05, 4.69) is 13.8 Å². The summed E-state index contributed by atoms with van der Waals surface area (Å²) in [6, 6.07) is 0. The van der Waals surface area contributed by atoms with E-state index in [0.717, 1.165) is 44.9 Å². The zero-order valence-electron chi connectivity index (χ0n) is 14.0. The van der Waals surface area contributed by atoms with Crippen LogP contribution >= 0.6 is 0 Å². The fourth-order valence-corrected chi connectivity index (χ4v) is 7.01. The van der Waals surface area contributed by atoms with Crippen LogP contribution in [0.2, 0.25) is 0 Å². The maximum Gasteiger partial charge on any atom is 0.135 e. The third-order valence-corrected chi connectivity index (χ3v) is 8.57. The Bertz CT molecular complexity index is 503. The Morgan fingerprint density at radius 1 is 1.00 bits per heavy atom. The zero-order chi connectivity index (χ0) is 15.8. The minimum absolute atomic E-state index is 0.0947. The summed E-state index contributed by atoms with van der Waals surface area (Å²) in [7, 11) is 0. The molecule has 0 aromatic carbocycles. The predicted molar refractivity (Wildman–Crippen MR) is 84.2 cm³/mol. The highest BCUT2D eigenvalue weighted by Gasteiger charge is 2.64. The lowest BCUT2D eigenvalue weighted by molar-refractivity contribution is -0.205. The summed E-state index contributed by atoms with van der Waals surface area (Å²) in [6.45, 7) is 4.55. The Morgan fingerprint density at radius 2 is 1.77 bits per heavy atom. The van der Waals surface area contributed by atoms with E-state index >= 15 is 0 Å². The van der Waals surface area contributed by atoms with Gasteiger partial charge in [-0.2, -0.15) is 0 Å². The number of rotatable bonds is 0. The number of fused-ring (bicyclic) bond motifs is 5. The first-order chi connectivity index (χ1) is 10.3. The fourth-order valence-electron chi connectivity index (χ4n) is 7.01. The van der Waals surface area contributed by atoms with Crippen LogP contribution in [-0.2, 0) is 4.79 Å². The van der Waals surface area contributed by atoms with Gasteiger partial charge in [0.1, 0.15) is 5.78 Å². The van der Waals surface area contributed by atoms with Crippen LogP contribution in [-0.4, -0.2) is 27.7 Å². The van der Waals surface area contributed by atoms with Gasteiger partial charge in [0.05, 0.1) is 11.7 Å². The van der Waals surface area contributed by atoms with Crippen LogP contribution in [0.5, 0.6) is 0 Å². The fraction of sp³-hybridized carbons (Fsp3) is 0.947. The van der Waals surface area contributed by atoms with Gasteiger partial charge in [0, 0.05) is 18.3 Å². The third-order valence-electron chi connectivity index (χ3n) is 8.57. The van der Waals surface area contributed by atoms with Crippen molar-refractivity contribution in [2.24, 2.45) is 28.6 Å². The maximum absolute atomic E-state index is 11.9. The Hall–Kier alpha value is -0.410. The molecular formula is C19H30O3. The van der Waals surface area contributed by atoms with Crippen LogP contribution in [0.1, 0.15) is 71.6 Å². The first-order valence-corrected chi connectivity index (χ1v) is 9.22. The lowest BCUT2D eigenvalue weighted by atomic mass is 9.43. The molecule has 3 nitrogen and oxygen atoms in total. The number of carbonyl (C=O) groups is 1. The number of aliphatic hydroxyl groups excluding tert-OH is 1. The van der Waals surface area contributed by atoms with Crippen LogP contribution in [0.4, 0.5) is 0 Å². The summed E-state index contributed by atoms with van der Waals surface area (Å²) in [4.78, 5) is 11.9. The van der Waals surface area contributed by atoms with Crippen molar-refractivity contribution in [2.45, 2.75) is 83.3 Å². The van der Waals surface area contributed by atoms with E-state index in [4.69, 9.17) is 0 Å². The molecule has 0 spiro atoms. The van der Waals surface area contributed by atoms with Crippen molar-refractivity contribution < 1.29 is 15.0 Å². The molecule has 0 aliphatic heterocycles. The normalized spacial score (nSPS) is 57.9. The van der Waals surface area contributed by atoms with Crippen molar-refractivity contribution in [3.8, 4) is 0 Å². The molecule has 0 heterocycles. The van der Waals surface area contributed by atoms with Gasteiger partial charge >= 0.3 is 0 Å². The van der Waals surface area contributed by atoms with Crippen LogP contribution in [0.15, 0.2) is 0 Å². The van der Waals surface area contributed by atoms with Gasteiger partial charge < -0.3 is 10.2 Å². The second-order valence-electron chi connectivity index (χ2n) is 9.22. The van der Waals surface area contributed by atoms with Gasteiger partial charge in [-0.25, -0.2) is 0 Å². The average Bonchev–Trinajstić information content (AvgIpc) is 2.76. The monoisotopic (exact) mass is 306 g/mol. The average molecular weight is 306 g/mol. The minimum Gasteiger partial charge on any atom is -0.393 e. The molecule has 0 saturated heterocycles. The molecule has 7 atom stereocenters. The van der Waals surface area contributed by atoms with Crippen LogP contribution in [0.25, 0.3) is 0 Å². The van der Waals surface area contributed by atoms with E-state index in [0.29, 0.717) is 30.6 Å². The summed E-state index contributed by atoms with van der Waals surface area (Å²) >= 11 is 0. The molecule has 4 fully saturated rings. The van der Waals surface area contributed by atoms with Gasteiger partial charge in [-0.15, -0.1) is 0 Å². The standard InChI is InChI=1S/C19H30O3/c1-17-8-7-15-13(14(17)3-4-16(17)21)6-10-19(22)11-12(20)5-9-18(15,19)2/h13-16,21-22H,3-11H2,1-2H3. The van der Waals surface area contributed by atoms with Crippen molar-refractivity contribution in [1.29, 1.82) is 0 Å². The highest BCUT2D eigenvalue weighted by molar-refractivity contribution is 5.80. The molecule has 22 heavy (non-hydrogen) atoms. The highest BCUT2D eigenvalue weighted by atomic mass is 16.3. The second kappa shape index (κ2) is 4.57. The van der Waals surface area contributed by atoms with Crippen molar-refractivity contribution >= 4 is 5.78 Å². The van der Waals surface area contributed by atoms with Gasteiger partial charge in [0.25, 0.3) is 0 Å². The molecule has 7 unspecified atom stereocenters. The smallest absolute Gasteiger partial charge is 0.135 e. The topological polar surface area (TPSA) is 57.5 Å². The van der Waals surface area contributed by atoms with Gasteiger partial charge in [-0.3, -0.25) is 4.79 Å². The Balaban J connectivity index is 1.68. The summed E-state index contributed by atoms with van der Waals surface area (Å²) < 4.78 is 0. The SMILES string of the molecule is CC12CCC3C(CCC4(O)CC(=O)CCC34C)C1CCC2O. The molecule has 0 bridgehead atoms. The van der Waals surface area contributed by atoms with Crippen molar-refractivity contribution in [2.75, 3.05) is 0 Å². The first kappa shape index (κ1) is 15.1. The van der Waals surface area contributed by atoms with E-state index in [9.17, 15) is 15.0 Å². The van der Waals surface area contributed by atoms with Crippen LogP contribution < -0.4 is 0 Å². The number of hydrogen-bond donors (Lipinski definition) is 2.